The van der Waals surface area contributed by atoms with Crippen molar-refractivity contribution < 1.29 is 4.74 Å². The first-order valence-corrected chi connectivity index (χ1v) is 7.39. The molecular formula is C14H24N4O. The van der Waals surface area contributed by atoms with Gasteiger partial charge >= 0.3 is 0 Å². The van der Waals surface area contributed by atoms with Gasteiger partial charge in [0.2, 0.25) is 0 Å². The Bertz CT molecular complexity index is 361. The molecule has 6 unspecified atom stereocenters. The van der Waals surface area contributed by atoms with Crippen molar-refractivity contribution in [2.75, 3.05) is 0 Å². The molecule has 3 fully saturated rings. The summed E-state index contributed by atoms with van der Waals surface area (Å²) in [4.78, 5) is 0. The highest BCUT2D eigenvalue weighted by molar-refractivity contribution is 5.80. The Labute approximate surface area is 114 Å². The van der Waals surface area contributed by atoms with Crippen molar-refractivity contribution in [2.24, 2.45) is 35.1 Å². The van der Waals surface area contributed by atoms with Crippen LogP contribution in [0.2, 0.25) is 0 Å². The molecule has 5 nitrogen and oxygen atoms in total. The molecule has 1 aliphatic heterocycles. The highest BCUT2D eigenvalue weighted by atomic mass is 16.5. The largest absolute Gasteiger partial charge is 0.387 e. The minimum Gasteiger partial charge on any atom is -0.387 e. The molecule has 0 aromatic rings. The first-order chi connectivity index (χ1) is 9.06. The van der Waals surface area contributed by atoms with E-state index in [-0.39, 0.29) is 11.8 Å². The zero-order chi connectivity index (χ0) is 13.6. The predicted octanol–water partition coefficient (Wildman–Crippen LogP) is 1.46. The molecule has 0 aromatic heterocycles. The molecule has 1 heterocycles. The van der Waals surface area contributed by atoms with E-state index in [4.69, 9.17) is 27.0 Å². The summed E-state index contributed by atoms with van der Waals surface area (Å²) >= 11 is 0. The molecule has 2 saturated carbocycles. The number of hydrogen-bond acceptors (Lipinski definition) is 3. The van der Waals surface area contributed by atoms with Crippen molar-refractivity contribution in [2.45, 2.75) is 50.7 Å². The zero-order valence-electron chi connectivity index (χ0n) is 11.3. The SMILES string of the molecule is N=C(N)C1CCC2OC3CCC(C(=N)N)CC3C2C1. The normalized spacial score (nSPS) is 45.3. The molecule has 2 aliphatic carbocycles. The summed E-state index contributed by atoms with van der Waals surface area (Å²) in [5, 5.41) is 15.3. The van der Waals surface area contributed by atoms with Crippen molar-refractivity contribution in [1.82, 2.24) is 0 Å². The standard InChI is InChI=1S/C14H24N4O/c15-13(16)7-1-3-11-9(5-7)10-6-8(14(17)18)2-4-12(10)19-11/h7-12H,1-6H2,(H3,15,16)(H3,17,18). The molecular weight excluding hydrogens is 240 g/mol. The van der Waals surface area contributed by atoms with E-state index >= 15 is 0 Å². The minimum atomic E-state index is 0.237. The number of rotatable bonds is 2. The fourth-order valence-electron chi connectivity index (χ4n) is 4.38. The average molecular weight is 264 g/mol. The molecule has 0 radical (unpaired) electrons. The van der Waals surface area contributed by atoms with Crippen molar-refractivity contribution in [3.8, 4) is 0 Å². The molecule has 0 bridgehead atoms. The fraction of sp³-hybridized carbons (Fsp3) is 0.857. The van der Waals surface area contributed by atoms with Crippen molar-refractivity contribution in [3.05, 3.63) is 0 Å². The van der Waals surface area contributed by atoms with Gasteiger partial charge in [-0.25, -0.2) is 0 Å². The maximum atomic E-state index is 7.66. The van der Waals surface area contributed by atoms with Crippen molar-refractivity contribution in [1.29, 1.82) is 10.8 Å². The van der Waals surface area contributed by atoms with Crippen LogP contribution in [-0.2, 0) is 4.74 Å². The van der Waals surface area contributed by atoms with E-state index in [1.807, 2.05) is 0 Å². The Morgan fingerprint density at radius 2 is 1.21 bits per heavy atom. The Kier molecular flexibility index (Phi) is 3.25. The fourth-order valence-corrected chi connectivity index (χ4v) is 4.38. The molecule has 5 heteroatoms. The number of fused-ring (bicyclic) bond motifs is 3. The van der Waals surface area contributed by atoms with Gasteiger partial charge in [0.05, 0.1) is 23.9 Å². The van der Waals surface area contributed by atoms with Gasteiger partial charge in [-0.2, -0.15) is 0 Å². The molecule has 3 rings (SSSR count). The lowest BCUT2D eigenvalue weighted by molar-refractivity contribution is 0.00138. The predicted molar refractivity (Wildman–Crippen MR) is 74.2 cm³/mol. The highest BCUT2D eigenvalue weighted by Crippen LogP contribution is 2.49. The summed E-state index contributed by atoms with van der Waals surface area (Å²) in [7, 11) is 0. The number of nitrogens with one attached hydrogen (secondary N) is 2. The minimum absolute atomic E-state index is 0.237. The maximum absolute atomic E-state index is 7.66. The second-order valence-electron chi connectivity index (χ2n) is 6.47. The third kappa shape index (κ3) is 2.24. The van der Waals surface area contributed by atoms with Crippen LogP contribution in [0.4, 0.5) is 0 Å². The second kappa shape index (κ2) is 4.78. The molecule has 0 aromatic carbocycles. The van der Waals surface area contributed by atoms with Gasteiger partial charge in [0, 0.05) is 11.8 Å². The van der Waals surface area contributed by atoms with E-state index in [9.17, 15) is 0 Å². The van der Waals surface area contributed by atoms with Crippen LogP contribution in [0.25, 0.3) is 0 Å². The van der Waals surface area contributed by atoms with Gasteiger partial charge in [0.15, 0.2) is 0 Å². The van der Waals surface area contributed by atoms with Crippen molar-refractivity contribution in [3.63, 3.8) is 0 Å². The van der Waals surface area contributed by atoms with Crippen molar-refractivity contribution >= 4 is 11.7 Å². The monoisotopic (exact) mass is 264 g/mol. The van der Waals surface area contributed by atoms with Crippen LogP contribution in [0.3, 0.4) is 0 Å². The molecule has 0 spiro atoms. The lowest BCUT2D eigenvalue weighted by atomic mass is 9.68. The molecule has 6 atom stereocenters. The lowest BCUT2D eigenvalue weighted by Gasteiger charge is -2.35. The lowest BCUT2D eigenvalue weighted by Crippen LogP contribution is -2.38. The van der Waals surface area contributed by atoms with Gasteiger partial charge in [-0.1, -0.05) is 0 Å². The zero-order valence-corrected chi connectivity index (χ0v) is 11.3. The Morgan fingerprint density at radius 1 is 0.789 bits per heavy atom. The van der Waals surface area contributed by atoms with E-state index in [1.54, 1.807) is 0 Å². The van der Waals surface area contributed by atoms with E-state index in [0.717, 1.165) is 38.5 Å². The third-order valence-corrected chi connectivity index (χ3v) is 5.45. The van der Waals surface area contributed by atoms with E-state index in [2.05, 4.69) is 0 Å². The van der Waals surface area contributed by atoms with E-state index < -0.39 is 0 Å². The average Bonchev–Trinajstić information content (AvgIpc) is 2.75. The summed E-state index contributed by atoms with van der Waals surface area (Å²) in [5.41, 5.74) is 11.4. The molecule has 106 valence electrons. The van der Waals surface area contributed by atoms with Gasteiger partial charge in [0.25, 0.3) is 0 Å². The molecule has 19 heavy (non-hydrogen) atoms. The highest BCUT2D eigenvalue weighted by Gasteiger charge is 2.49. The van der Waals surface area contributed by atoms with Gasteiger partial charge in [-0.3, -0.25) is 10.8 Å². The van der Waals surface area contributed by atoms with Gasteiger partial charge < -0.3 is 16.2 Å². The van der Waals surface area contributed by atoms with Crippen LogP contribution in [-0.4, -0.2) is 23.9 Å². The van der Waals surface area contributed by atoms with Crippen LogP contribution >= 0.6 is 0 Å². The number of amidine groups is 2. The van der Waals surface area contributed by atoms with Gasteiger partial charge in [-0.15, -0.1) is 0 Å². The first kappa shape index (κ1) is 12.9. The summed E-state index contributed by atoms with van der Waals surface area (Å²) in [6.07, 6.45) is 6.75. The first-order valence-electron chi connectivity index (χ1n) is 7.39. The number of nitrogens with two attached hydrogens (primary N) is 2. The van der Waals surface area contributed by atoms with Gasteiger partial charge in [-0.05, 0) is 50.4 Å². The van der Waals surface area contributed by atoms with Crippen LogP contribution in [0.5, 0.6) is 0 Å². The Morgan fingerprint density at radius 3 is 1.58 bits per heavy atom. The molecule has 0 amide bonds. The summed E-state index contributed by atoms with van der Waals surface area (Å²) in [5.74, 6) is 2.19. The number of ether oxygens (including phenoxy) is 1. The van der Waals surface area contributed by atoms with E-state index in [1.165, 1.54) is 0 Å². The van der Waals surface area contributed by atoms with Crippen LogP contribution < -0.4 is 11.5 Å². The summed E-state index contributed by atoms with van der Waals surface area (Å²) in [6.45, 7) is 0. The quantitative estimate of drug-likeness (QED) is 0.447. The summed E-state index contributed by atoms with van der Waals surface area (Å²) < 4.78 is 6.20. The van der Waals surface area contributed by atoms with Gasteiger partial charge in [0.1, 0.15) is 0 Å². The smallest absolute Gasteiger partial charge is 0.0937 e. The topological polar surface area (TPSA) is 109 Å². The number of hydrogen-bond donors (Lipinski definition) is 4. The van der Waals surface area contributed by atoms with Crippen LogP contribution in [0.15, 0.2) is 0 Å². The van der Waals surface area contributed by atoms with E-state index in [0.29, 0.717) is 35.7 Å². The molecule has 1 saturated heterocycles. The Balaban J connectivity index is 1.73. The second-order valence-corrected chi connectivity index (χ2v) is 6.47. The molecule has 6 N–H and O–H groups in total. The Hall–Kier alpha value is -1.10. The molecule has 3 aliphatic rings. The maximum Gasteiger partial charge on any atom is 0.0937 e. The van der Waals surface area contributed by atoms with Crippen LogP contribution in [0, 0.1) is 34.5 Å². The third-order valence-electron chi connectivity index (χ3n) is 5.45. The van der Waals surface area contributed by atoms with Crippen LogP contribution in [0.1, 0.15) is 38.5 Å². The summed E-state index contributed by atoms with van der Waals surface area (Å²) in [6, 6.07) is 0.